The first-order valence-electron chi connectivity index (χ1n) is 6.03. The van der Waals surface area contributed by atoms with E-state index in [9.17, 15) is 0 Å². The van der Waals surface area contributed by atoms with Gasteiger partial charge in [0.2, 0.25) is 0 Å². The fourth-order valence-corrected chi connectivity index (χ4v) is 3.68. The number of fused-ring (bicyclic) bond motifs is 1. The van der Waals surface area contributed by atoms with Crippen LogP contribution in [0.5, 0.6) is 0 Å². The SMILES string of the molecule is CCSc1nc2c(Nc3ccc(Cl)cc3)ncnc2s1. The van der Waals surface area contributed by atoms with Crippen LogP contribution in [-0.4, -0.2) is 20.7 Å². The molecule has 0 fully saturated rings. The number of hydrogen-bond donors (Lipinski definition) is 1. The lowest BCUT2D eigenvalue weighted by molar-refractivity contribution is 1.20. The van der Waals surface area contributed by atoms with Crippen LogP contribution >= 0.6 is 34.7 Å². The van der Waals surface area contributed by atoms with Crippen LogP contribution in [0.4, 0.5) is 11.5 Å². The second kappa shape index (κ2) is 5.95. The molecule has 20 heavy (non-hydrogen) atoms. The van der Waals surface area contributed by atoms with Gasteiger partial charge < -0.3 is 5.32 Å². The summed E-state index contributed by atoms with van der Waals surface area (Å²) in [5, 5.41) is 3.96. The van der Waals surface area contributed by atoms with Crippen molar-refractivity contribution in [3.05, 3.63) is 35.6 Å². The molecule has 2 aromatic heterocycles. The van der Waals surface area contributed by atoms with Gasteiger partial charge in [-0.25, -0.2) is 15.0 Å². The first kappa shape index (κ1) is 13.6. The zero-order chi connectivity index (χ0) is 13.9. The standard InChI is InChI=1S/C13H11ClN4S2/c1-2-19-13-18-10-11(15-7-16-12(10)20-13)17-9-5-3-8(14)4-6-9/h3-7H,2H2,1H3,(H,15,16,17). The lowest BCUT2D eigenvalue weighted by Crippen LogP contribution is -1.95. The Morgan fingerprint density at radius 1 is 1.25 bits per heavy atom. The van der Waals surface area contributed by atoms with Gasteiger partial charge in [-0.15, -0.1) is 0 Å². The Balaban J connectivity index is 1.96. The van der Waals surface area contributed by atoms with Crippen LogP contribution < -0.4 is 5.32 Å². The van der Waals surface area contributed by atoms with E-state index in [2.05, 4.69) is 27.2 Å². The van der Waals surface area contributed by atoms with E-state index in [1.165, 1.54) is 0 Å². The number of halogens is 1. The fraction of sp³-hybridized carbons (Fsp3) is 0.154. The van der Waals surface area contributed by atoms with Crippen molar-refractivity contribution in [2.75, 3.05) is 11.1 Å². The average molecular weight is 323 g/mol. The number of thioether (sulfide) groups is 1. The van der Waals surface area contributed by atoms with Crippen molar-refractivity contribution >= 4 is 56.6 Å². The van der Waals surface area contributed by atoms with Crippen LogP contribution in [0.15, 0.2) is 34.9 Å². The maximum absolute atomic E-state index is 5.88. The number of nitrogens with zero attached hydrogens (tertiary/aromatic N) is 3. The molecule has 0 aliphatic carbocycles. The molecule has 4 nitrogen and oxygen atoms in total. The van der Waals surface area contributed by atoms with Crippen molar-refractivity contribution < 1.29 is 0 Å². The minimum Gasteiger partial charge on any atom is -0.338 e. The van der Waals surface area contributed by atoms with E-state index in [0.717, 1.165) is 31.9 Å². The van der Waals surface area contributed by atoms with E-state index in [-0.39, 0.29) is 0 Å². The highest BCUT2D eigenvalue weighted by Crippen LogP contribution is 2.31. The van der Waals surface area contributed by atoms with E-state index in [1.807, 2.05) is 24.3 Å². The molecule has 1 aromatic carbocycles. The molecule has 3 rings (SSSR count). The van der Waals surface area contributed by atoms with Crippen LogP contribution in [0, 0.1) is 0 Å². The van der Waals surface area contributed by atoms with Gasteiger partial charge in [0.15, 0.2) is 10.2 Å². The molecule has 1 N–H and O–H groups in total. The van der Waals surface area contributed by atoms with Crippen molar-refractivity contribution in [2.24, 2.45) is 0 Å². The Bertz CT molecular complexity index is 727. The van der Waals surface area contributed by atoms with Crippen LogP contribution in [0.25, 0.3) is 10.3 Å². The largest absolute Gasteiger partial charge is 0.338 e. The normalized spacial score (nSPS) is 10.9. The summed E-state index contributed by atoms with van der Waals surface area (Å²) in [6.45, 7) is 2.11. The van der Waals surface area contributed by atoms with E-state index >= 15 is 0 Å². The molecule has 3 aromatic rings. The maximum atomic E-state index is 5.88. The van der Waals surface area contributed by atoms with Crippen molar-refractivity contribution in [1.82, 2.24) is 15.0 Å². The molecule has 0 bridgehead atoms. The van der Waals surface area contributed by atoms with Gasteiger partial charge in [0, 0.05) is 10.7 Å². The van der Waals surface area contributed by atoms with Crippen molar-refractivity contribution in [2.45, 2.75) is 11.3 Å². The third-order valence-electron chi connectivity index (χ3n) is 2.55. The lowest BCUT2D eigenvalue weighted by atomic mass is 10.3. The molecule has 0 unspecified atom stereocenters. The summed E-state index contributed by atoms with van der Waals surface area (Å²) < 4.78 is 1.02. The zero-order valence-electron chi connectivity index (χ0n) is 10.6. The summed E-state index contributed by atoms with van der Waals surface area (Å²) in [7, 11) is 0. The van der Waals surface area contributed by atoms with Gasteiger partial charge in [-0.3, -0.25) is 0 Å². The van der Waals surface area contributed by atoms with Crippen LogP contribution in [0.3, 0.4) is 0 Å². The number of aromatic nitrogens is 3. The molecular formula is C13H11ClN4S2. The molecule has 0 radical (unpaired) electrons. The van der Waals surface area contributed by atoms with Crippen LogP contribution in [0.2, 0.25) is 5.02 Å². The molecule has 0 aliphatic rings. The van der Waals surface area contributed by atoms with Gasteiger partial charge >= 0.3 is 0 Å². The summed E-state index contributed by atoms with van der Waals surface area (Å²) in [5.74, 6) is 1.71. The molecule has 7 heteroatoms. The van der Waals surface area contributed by atoms with Gasteiger partial charge in [-0.1, -0.05) is 41.6 Å². The second-order valence-corrected chi connectivity index (χ2v) is 6.85. The molecule has 0 aliphatic heterocycles. The molecule has 0 saturated carbocycles. The summed E-state index contributed by atoms with van der Waals surface area (Å²) in [5.41, 5.74) is 1.73. The first-order chi connectivity index (χ1) is 9.76. The molecular weight excluding hydrogens is 312 g/mol. The number of rotatable bonds is 4. The Morgan fingerprint density at radius 2 is 2.05 bits per heavy atom. The number of nitrogens with one attached hydrogen (secondary N) is 1. The topological polar surface area (TPSA) is 50.7 Å². The molecule has 0 atom stereocenters. The van der Waals surface area contributed by atoms with Crippen LogP contribution in [0.1, 0.15) is 6.92 Å². The highest BCUT2D eigenvalue weighted by Gasteiger charge is 2.10. The highest BCUT2D eigenvalue weighted by molar-refractivity contribution is 8.01. The minimum atomic E-state index is 0.707. The Hall–Kier alpha value is -1.37. The Labute approximate surface area is 129 Å². The Kier molecular flexibility index (Phi) is 4.05. The third kappa shape index (κ3) is 2.87. The minimum absolute atomic E-state index is 0.707. The van der Waals surface area contributed by atoms with Gasteiger partial charge in [-0.2, -0.15) is 0 Å². The van der Waals surface area contributed by atoms with E-state index in [4.69, 9.17) is 11.6 Å². The first-order valence-corrected chi connectivity index (χ1v) is 8.21. The summed E-state index contributed by atoms with van der Waals surface area (Å²) in [6, 6.07) is 7.48. The van der Waals surface area contributed by atoms with E-state index in [1.54, 1.807) is 29.4 Å². The number of anilines is 2. The molecule has 0 saturated heterocycles. The monoisotopic (exact) mass is 322 g/mol. The van der Waals surface area contributed by atoms with Crippen molar-refractivity contribution in [3.63, 3.8) is 0 Å². The molecule has 0 spiro atoms. The van der Waals surface area contributed by atoms with Gasteiger partial charge in [0.05, 0.1) is 0 Å². The molecule has 2 heterocycles. The lowest BCUT2D eigenvalue weighted by Gasteiger charge is -2.05. The second-order valence-electron chi connectivity index (χ2n) is 3.92. The van der Waals surface area contributed by atoms with Crippen LogP contribution in [-0.2, 0) is 0 Å². The van der Waals surface area contributed by atoms with Crippen molar-refractivity contribution in [3.8, 4) is 0 Å². The maximum Gasteiger partial charge on any atom is 0.161 e. The molecule has 102 valence electrons. The summed E-state index contributed by atoms with van der Waals surface area (Å²) >= 11 is 9.18. The number of hydrogen-bond acceptors (Lipinski definition) is 6. The average Bonchev–Trinajstić information content (AvgIpc) is 2.85. The summed E-state index contributed by atoms with van der Waals surface area (Å²) in [6.07, 6.45) is 1.55. The Morgan fingerprint density at radius 3 is 2.80 bits per heavy atom. The smallest absolute Gasteiger partial charge is 0.161 e. The predicted molar refractivity (Wildman–Crippen MR) is 86.3 cm³/mol. The fourth-order valence-electron chi connectivity index (χ4n) is 1.68. The molecule has 0 amide bonds. The highest BCUT2D eigenvalue weighted by atomic mass is 35.5. The van der Waals surface area contributed by atoms with Gasteiger partial charge in [-0.05, 0) is 30.0 Å². The quantitative estimate of drug-likeness (QED) is 0.712. The van der Waals surface area contributed by atoms with Gasteiger partial charge in [0.25, 0.3) is 0 Å². The van der Waals surface area contributed by atoms with Gasteiger partial charge in [0.1, 0.15) is 16.7 Å². The number of thiazole rings is 1. The van der Waals surface area contributed by atoms with E-state index in [0.29, 0.717) is 5.02 Å². The third-order valence-corrected chi connectivity index (χ3v) is 4.79. The number of benzene rings is 1. The zero-order valence-corrected chi connectivity index (χ0v) is 13.0. The van der Waals surface area contributed by atoms with E-state index < -0.39 is 0 Å². The predicted octanol–water partition coefficient (Wildman–Crippen LogP) is 4.60. The summed E-state index contributed by atoms with van der Waals surface area (Å²) in [4.78, 5) is 14.0. The van der Waals surface area contributed by atoms with Crippen molar-refractivity contribution in [1.29, 1.82) is 0 Å².